The van der Waals surface area contributed by atoms with Crippen LogP contribution in [0.3, 0.4) is 0 Å². The van der Waals surface area contributed by atoms with Gasteiger partial charge in [0.25, 0.3) is 0 Å². The van der Waals surface area contributed by atoms with Crippen LogP contribution in [0, 0.1) is 6.92 Å². The van der Waals surface area contributed by atoms with Crippen LogP contribution in [0.1, 0.15) is 67.3 Å². The Kier molecular flexibility index (Phi) is 7.00. The molecule has 1 atom stereocenters. The third kappa shape index (κ3) is 5.19. The zero-order chi connectivity index (χ0) is 20.8. The van der Waals surface area contributed by atoms with Crippen LogP contribution in [-0.2, 0) is 19.6 Å². The average Bonchev–Trinajstić information content (AvgIpc) is 2.96. The van der Waals surface area contributed by atoms with Crippen LogP contribution in [0.15, 0.2) is 29.3 Å². The number of nitrogens with zero attached hydrogens (tertiary/aromatic N) is 5. The van der Waals surface area contributed by atoms with Crippen LogP contribution < -0.4 is 10.6 Å². The summed E-state index contributed by atoms with van der Waals surface area (Å²) < 4.78 is 2.03. The van der Waals surface area contributed by atoms with E-state index in [9.17, 15) is 0 Å². The molecule has 7 nitrogen and oxygen atoms in total. The van der Waals surface area contributed by atoms with E-state index < -0.39 is 0 Å². The topological polar surface area (TPSA) is 70.4 Å². The highest BCUT2D eigenvalue weighted by Crippen LogP contribution is 2.23. The first-order valence-corrected chi connectivity index (χ1v) is 11.4. The van der Waals surface area contributed by atoms with Crippen molar-refractivity contribution in [2.75, 3.05) is 20.1 Å². The van der Waals surface area contributed by atoms with Gasteiger partial charge in [-0.05, 0) is 56.8 Å². The molecule has 4 rings (SSSR count). The number of rotatable bonds is 5. The van der Waals surface area contributed by atoms with Crippen LogP contribution in [0.5, 0.6) is 0 Å². The largest absolute Gasteiger partial charge is 0.352 e. The second kappa shape index (κ2) is 10.1. The van der Waals surface area contributed by atoms with Gasteiger partial charge in [0.2, 0.25) is 0 Å². The Morgan fingerprint density at radius 1 is 1.07 bits per heavy atom. The molecule has 0 radical (unpaired) electrons. The van der Waals surface area contributed by atoms with Crippen molar-refractivity contribution in [1.29, 1.82) is 0 Å². The molecule has 0 spiro atoms. The molecule has 162 valence electrons. The molecule has 30 heavy (non-hydrogen) atoms. The molecule has 1 aromatic heterocycles. The number of fused-ring (bicyclic) bond motifs is 1. The summed E-state index contributed by atoms with van der Waals surface area (Å²) in [6, 6.07) is 8.93. The highest BCUT2D eigenvalue weighted by atomic mass is 15.4. The molecule has 0 saturated carbocycles. The minimum absolute atomic E-state index is 0.151. The first-order chi connectivity index (χ1) is 14.7. The molecular weight excluding hydrogens is 374 g/mol. The molecule has 2 aromatic rings. The molecule has 0 amide bonds. The van der Waals surface area contributed by atoms with Crippen LogP contribution in [0.25, 0.3) is 0 Å². The van der Waals surface area contributed by atoms with Crippen LogP contribution in [0.2, 0.25) is 0 Å². The van der Waals surface area contributed by atoms with Crippen molar-refractivity contribution >= 4 is 5.96 Å². The summed E-state index contributed by atoms with van der Waals surface area (Å²) in [7, 11) is 1.83. The van der Waals surface area contributed by atoms with E-state index in [0.29, 0.717) is 0 Å². The van der Waals surface area contributed by atoms with E-state index in [4.69, 9.17) is 0 Å². The second-order valence-electron chi connectivity index (χ2n) is 8.46. The highest BCUT2D eigenvalue weighted by Gasteiger charge is 2.24. The Bertz CT molecular complexity index is 849. The molecule has 2 aliphatic rings. The SMILES string of the molecule is CN=C(NCc1ccccc1CN1CCCCCC1)NC1CCCn2nc(C)nc21. The van der Waals surface area contributed by atoms with Gasteiger partial charge in [0.05, 0.1) is 6.04 Å². The van der Waals surface area contributed by atoms with Crippen molar-refractivity contribution in [2.24, 2.45) is 4.99 Å². The Balaban J connectivity index is 1.38. The lowest BCUT2D eigenvalue weighted by atomic mass is 10.1. The van der Waals surface area contributed by atoms with E-state index in [1.807, 2.05) is 18.7 Å². The minimum atomic E-state index is 0.151. The summed E-state index contributed by atoms with van der Waals surface area (Å²) in [6.07, 6.45) is 7.53. The molecule has 7 heteroatoms. The van der Waals surface area contributed by atoms with Gasteiger partial charge < -0.3 is 10.6 Å². The number of benzene rings is 1. The highest BCUT2D eigenvalue weighted by molar-refractivity contribution is 5.80. The number of aliphatic imine (C=N–C) groups is 1. The molecule has 1 fully saturated rings. The number of guanidine groups is 1. The van der Waals surface area contributed by atoms with Gasteiger partial charge in [-0.2, -0.15) is 5.10 Å². The van der Waals surface area contributed by atoms with Gasteiger partial charge in [-0.1, -0.05) is 37.1 Å². The Morgan fingerprint density at radius 3 is 2.60 bits per heavy atom. The van der Waals surface area contributed by atoms with Crippen molar-refractivity contribution < 1.29 is 0 Å². The molecule has 2 N–H and O–H groups in total. The smallest absolute Gasteiger partial charge is 0.191 e. The standard InChI is InChI=1S/C23H35N7/c1-18-26-22-21(12-9-15-30(22)28-18)27-23(24-2)25-16-19-10-5-6-11-20(19)17-29-13-7-3-4-8-14-29/h5-6,10-11,21H,3-4,7-9,12-17H2,1-2H3,(H2,24,25,27). The summed E-state index contributed by atoms with van der Waals surface area (Å²) >= 11 is 0. The Hall–Kier alpha value is -2.41. The number of aryl methyl sites for hydroxylation is 2. The fraction of sp³-hybridized carbons (Fsp3) is 0.609. The third-order valence-electron chi connectivity index (χ3n) is 6.17. The quantitative estimate of drug-likeness (QED) is 0.586. The number of aromatic nitrogens is 3. The molecule has 3 heterocycles. The zero-order valence-electron chi connectivity index (χ0n) is 18.4. The van der Waals surface area contributed by atoms with E-state index in [2.05, 4.69) is 54.9 Å². The molecule has 2 aliphatic heterocycles. The van der Waals surface area contributed by atoms with Crippen LogP contribution in [0.4, 0.5) is 0 Å². The number of nitrogens with one attached hydrogen (secondary N) is 2. The van der Waals surface area contributed by atoms with Gasteiger partial charge in [0.1, 0.15) is 11.6 Å². The summed E-state index contributed by atoms with van der Waals surface area (Å²) in [5, 5.41) is 11.6. The Labute approximate surface area is 180 Å². The second-order valence-corrected chi connectivity index (χ2v) is 8.46. The molecule has 0 bridgehead atoms. The van der Waals surface area contributed by atoms with E-state index in [1.165, 1.54) is 49.9 Å². The van der Waals surface area contributed by atoms with E-state index in [1.54, 1.807) is 0 Å². The number of hydrogen-bond donors (Lipinski definition) is 2. The lowest BCUT2D eigenvalue weighted by Gasteiger charge is -2.25. The molecular formula is C23H35N7. The van der Waals surface area contributed by atoms with E-state index in [-0.39, 0.29) is 6.04 Å². The van der Waals surface area contributed by atoms with Crippen LogP contribution >= 0.6 is 0 Å². The molecule has 1 aromatic carbocycles. The lowest BCUT2D eigenvalue weighted by molar-refractivity contribution is 0.276. The molecule has 0 aliphatic carbocycles. The maximum absolute atomic E-state index is 4.63. The van der Waals surface area contributed by atoms with Gasteiger partial charge in [0.15, 0.2) is 5.96 Å². The third-order valence-corrected chi connectivity index (χ3v) is 6.17. The van der Waals surface area contributed by atoms with E-state index in [0.717, 1.165) is 50.1 Å². The van der Waals surface area contributed by atoms with Crippen molar-refractivity contribution in [3.8, 4) is 0 Å². The summed E-state index contributed by atoms with van der Waals surface area (Å²) in [5.41, 5.74) is 2.75. The van der Waals surface area contributed by atoms with E-state index >= 15 is 0 Å². The first kappa shape index (κ1) is 20.8. The van der Waals surface area contributed by atoms with Crippen molar-refractivity contribution in [1.82, 2.24) is 30.3 Å². The fourth-order valence-corrected chi connectivity index (χ4v) is 4.56. The zero-order valence-corrected chi connectivity index (χ0v) is 18.4. The summed E-state index contributed by atoms with van der Waals surface area (Å²) in [5.74, 6) is 2.67. The summed E-state index contributed by atoms with van der Waals surface area (Å²) in [4.78, 5) is 11.7. The van der Waals surface area contributed by atoms with Gasteiger partial charge in [-0.3, -0.25) is 9.89 Å². The lowest BCUT2D eigenvalue weighted by Crippen LogP contribution is -2.41. The molecule has 1 saturated heterocycles. The predicted octanol–water partition coefficient (Wildman–Crippen LogP) is 3.16. The van der Waals surface area contributed by atoms with Gasteiger partial charge in [0, 0.05) is 26.7 Å². The first-order valence-electron chi connectivity index (χ1n) is 11.4. The fourth-order valence-electron chi connectivity index (χ4n) is 4.56. The van der Waals surface area contributed by atoms with Crippen LogP contribution in [-0.4, -0.2) is 45.8 Å². The monoisotopic (exact) mass is 409 g/mol. The minimum Gasteiger partial charge on any atom is -0.352 e. The number of likely N-dealkylation sites (tertiary alicyclic amines) is 1. The average molecular weight is 410 g/mol. The van der Waals surface area contributed by atoms with Crippen molar-refractivity contribution in [3.63, 3.8) is 0 Å². The van der Waals surface area contributed by atoms with Crippen molar-refractivity contribution in [3.05, 3.63) is 47.0 Å². The predicted molar refractivity (Wildman–Crippen MR) is 120 cm³/mol. The number of hydrogen-bond acceptors (Lipinski definition) is 4. The molecule has 1 unspecified atom stereocenters. The van der Waals surface area contributed by atoms with Gasteiger partial charge in [-0.15, -0.1) is 0 Å². The normalized spacial score (nSPS) is 20.5. The van der Waals surface area contributed by atoms with Gasteiger partial charge in [-0.25, -0.2) is 9.67 Å². The maximum Gasteiger partial charge on any atom is 0.191 e. The maximum atomic E-state index is 4.63. The van der Waals surface area contributed by atoms with Gasteiger partial charge >= 0.3 is 0 Å². The Morgan fingerprint density at radius 2 is 1.83 bits per heavy atom. The summed E-state index contributed by atoms with van der Waals surface area (Å²) in [6.45, 7) is 7.14. The van der Waals surface area contributed by atoms with Crippen molar-refractivity contribution in [2.45, 2.75) is 71.1 Å².